The number of hydrogen-bond donors (Lipinski definition) is 2. The van der Waals surface area contributed by atoms with E-state index in [1.807, 2.05) is 11.1 Å². The van der Waals surface area contributed by atoms with Gasteiger partial charge in [-0.25, -0.2) is 17.6 Å². The highest BCUT2D eigenvalue weighted by atomic mass is 19.2. The maximum Gasteiger partial charge on any atom is 0.321 e. The summed E-state index contributed by atoms with van der Waals surface area (Å²) in [7, 11) is 0. The molecular formula is C29H29F4N3O3. The number of carbonyl (C=O) groups excluding carboxylic acids is 1. The van der Waals surface area contributed by atoms with Crippen LogP contribution >= 0.6 is 0 Å². The number of nitrogens with one attached hydrogen (secondary N) is 1. The lowest BCUT2D eigenvalue weighted by atomic mass is 9.84. The van der Waals surface area contributed by atoms with Crippen LogP contribution in [0.5, 0.6) is 0 Å². The van der Waals surface area contributed by atoms with Crippen molar-refractivity contribution in [1.82, 2.24) is 14.8 Å². The molecule has 1 atom stereocenters. The number of benzene rings is 2. The quantitative estimate of drug-likeness (QED) is 0.251. The van der Waals surface area contributed by atoms with Crippen LogP contribution in [0.1, 0.15) is 42.7 Å². The first-order valence-corrected chi connectivity index (χ1v) is 13.1. The first kappa shape index (κ1) is 26.9. The Kier molecular flexibility index (Phi) is 7.74. The number of H-pyrrole nitrogens is 1. The molecule has 1 aromatic heterocycles. The molecule has 2 fully saturated rings. The van der Waals surface area contributed by atoms with Crippen molar-refractivity contribution in [2.45, 2.75) is 37.6 Å². The van der Waals surface area contributed by atoms with Gasteiger partial charge >= 0.3 is 5.97 Å². The molecule has 6 nitrogen and oxygen atoms in total. The second kappa shape index (κ2) is 11.2. The van der Waals surface area contributed by atoms with Gasteiger partial charge in [0.05, 0.1) is 0 Å². The maximum absolute atomic E-state index is 13.8. The molecule has 3 heterocycles. The second-order valence-corrected chi connectivity index (χ2v) is 10.3. The zero-order chi connectivity index (χ0) is 27.7. The smallest absolute Gasteiger partial charge is 0.321 e. The number of carboxylic acid groups (broad SMARTS) is 1. The summed E-state index contributed by atoms with van der Waals surface area (Å²) in [4.78, 5) is 31.7. The van der Waals surface area contributed by atoms with Gasteiger partial charge < -0.3 is 15.0 Å². The molecule has 3 aromatic rings. The van der Waals surface area contributed by atoms with Gasteiger partial charge in [0.2, 0.25) is 5.91 Å². The summed E-state index contributed by atoms with van der Waals surface area (Å²) in [6.07, 6.45) is 6.88. The molecule has 2 N–H and O–H groups in total. The van der Waals surface area contributed by atoms with Gasteiger partial charge in [0.1, 0.15) is 11.9 Å². The first-order valence-electron chi connectivity index (χ1n) is 13.1. The van der Waals surface area contributed by atoms with Gasteiger partial charge in [-0.05, 0) is 98.1 Å². The molecule has 2 aliphatic heterocycles. The number of fused-ring (bicyclic) bond motifs is 1. The van der Waals surface area contributed by atoms with Gasteiger partial charge in [0.15, 0.2) is 17.5 Å². The molecule has 2 aromatic carbocycles. The molecule has 1 amide bonds. The van der Waals surface area contributed by atoms with Crippen LogP contribution in [0, 0.1) is 29.2 Å². The zero-order valence-electron chi connectivity index (χ0n) is 21.2. The number of carbonyl (C=O) groups is 2. The summed E-state index contributed by atoms with van der Waals surface area (Å²) in [6.45, 7) is 1.94. The number of carboxylic acids is 1. The largest absolute Gasteiger partial charge is 0.480 e. The fraction of sp³-hybridized carbons (Fsp3) is 0.379. The fourth-order valence-electron chi connectivity index (χ4n) is 5.98. The lowest BCUT2D eigenvalue weighted by molar-refractivity contribution is -0.147. The van der Waals surface area contributed by atoms with Crippen LogP contribution in [-0.2, 0) is 9.59 Å². The van der Waals surface area contributed by atoms with Gasteiger partial charge in [-0.2, -0.15) is 0 Å². The molecule has 2 aliphatic rings. The van der Waals surface area contributed by atoms with Gasteiger partial charge in [-0.1, -0.05) is 0 Å². The van der Waals surface area contributed by atoms with Crippen LogP contribution in [0.2, 0.25) is 0 Å². The summed E-state index contributed by atoms with van der Waals surface area (Å²) < 4.78 is 53.8. The van der Waals surface area contributed by atoms with E-state index in [2.05, 4.69) is 4.98 Å². The third-order valence-corrected chi connectivity index (χ3v) is 8.01. The maximum atomic E-state index is 13.8. The predicted octanol–water partition coefficient (Wildman–Crippen LogP) is 5.31. The van der Waals surface area contributed by atoms with E-state index in [0.29, 0.717) is 39.0 Å². The summed E-state index contributed by atoms with van der Waals surface area (Å²) in [5.74, 6) is -5.68. The standard InChI is InChI=1S/C29H29F4N3O3/c30-20-2-3-25-21(15-20)22(16-34-25)18-5-11-36(12-6-18)28(29(38)39)19-7-9-35(10-8-19)26(37)4-1-17-13-23(31)27(33)24(32)14-17/h1-4,13-16,18-19,28,34H,5-12H2,(H,38,39). The molecule has 2 saturated heterocycles. The molecule has 0 radical (unpaired) electrons. The topological polar surface area (TPSA) is 76.6 Å². The van der Waals surface area contributed by atoms with Crippen molar-refractivity contribution in [1.29, 1.82) is 0 Å². The number of nitrogens with zero attached hydrogens (tertiary/aromatic N) is 2. The number of aromatic nitrogens is 1. The van der Waals surface area contributed by atoms with Crippen molar-refractivity contribution in [3.63, 3.8) is 0 Å². The summed E-state index contributed by atoms with van der Waals surface area (Å²) in [5.41, 5.74) is 1.97. The van der Waals surface area contributed by atoms with E-state index >= 15 is 0 Å². The summed E-state index contributed by atoms with van der Waals surface area (Å²) in [5, 5.41) is 10.9. The van der Waals surface area contributed by atoms with Crippen molar-refractivity contribution >= 4 is 28.9 Å². The minimum atomic E-state index is -1.56. The number of halogens is 4. The molecule has 5 rings (SSSR count). The molecule has 39 heavy (non-hydrogen) atoms. The van der Waals surface area contributed by atoms with E-state index in [1.165, 1.54) is 24.3 Å². The number of amides is 1. The number of piperidine rings is 2. The molecular weight excluding hydrogens is 514 g/mol. The fourth-order valence-corrected chi connectivity index (χ4v) is 5.98. The van der Waals surface area contributed by atoms with Crippen LogP contribution < -0.4 is 0 Å². The van der Waals surface area contributed by atoms with Crippen LogP contribution in [0.25, 0.3) is 17.0 Å². The van der Waals surface area contributed by atoms with Crippen molar-refractivity contribution in [3.05, 3.63) is 77.0 Å². The van der Waals surface area contributed by atoms with Gasteiger partial charge in [0, 0.05) is 36.3 Å². The van der Waals surface area contributed by atoms with Crippen LogP contribution in [0.15, 0.2) is 42.6 Å². The number of aromatic amines is 1. The zero-order valence-corrected chi connectivity index (χ0v) is 21.2. The SMILES string of the molecule is O=C(O)C(C1CCN(C(=O)C=Cc2cc(F)c(F)c(F)c2)CC1)N1CCC(c2c[nH]c3ccc(F)cc23)CC1. The third kappa shape index (κ3) is 5.71. The minimum absolute atomic E-state index is 0.0294. The average molecular weight is 544 g/mol. The molecule has 0 spiro atoms. The molecule has 0 saturated carbocycles. The molecule has 10 heteroatoms. The van der Waals surface area contributed by atoms with Gasteiger partial charge in [-0.15, -0.1) is 0 Å². The predicted molar refractivity (Wildman–Crippen MR) is 138 cm³/mol. The Morgan fingerprint density at radius 1 is 0.949 bits per heavy atom. The summed E-state index contributed by atoms with van der Waals surface area (Å²) in [6, 6.07) is 5.64. The van der Waals surface area contributed by atoms with E-state index in [1.54, 1.807) is 11.0 Å². The molecule has 206 valence electrons. The summed E-state index contributed by atoms with van der Waals surface area (Å²) >= 11 is 0. The van der Waals surface area contributed by atoms with Crippen LogP contribution in [0.4, 0.5) is 17.6 Å². The monoisotopic (exact) mass is 543 g/mol. The van der Waals surface area contributed by atoms with Crippen molar-refractivity contribution < 1.29 is 32.3 Å². The molecule has 1 unspecified atom stereocenters. The highest BCUT2D eigenvalue weighted by Crippen LogP contribution is 2.35. The lowest BCUT2D eigenvalue weighted by Gasteiger charge is -2.41. The van der Waals surface area contributed by atoms with E-state index in [-0.39, 0.29) is 29.1 Å². The Morgan fingerprint density at radius 3 is 2.26 bits per heavy atom. The molecule has 0 bridgehead atoms. The lowest BCUT2D eigenvalue weighted by Crippen LogP contribution is -2.52. The first-order chi connectivity index (χ1) is 18.7. The highest BCUT2D eigenvalue weighted by molar-refractivity contribution is 5.91. The van der Waals surface area contributed by atoms with Gasteiger partial charge in [-0.3, -0.25) is 14.5 Å². The normalized spacial score (nSPS) is 18.7. The van der Waals surface area contributed by atoms with E-state index in [0.717, 1.165) is 41.4 Å². The van der Waals surface area contributed by atoms with E-state index in [9.17, 15) is 32.3 Å². The van der Waals surface area contributed by atoms with Crippen LogP contribution in [-0.4, -0.2) is 64.0 Å². The molecule has 0 aliphatic carbocycles. The Labute approximate surface area is 222 Å². The van der Waals surface area contributed by atoms with Crippen molar-refractivity contribution in [2.24, 2.45) is 5.92 Å². The Hall–Kier alpha value is -3.66. The number of likely N-dealkylation sites (tertiary alicyclic amines) is 2. The van der Waals surface area contributed by atoms with Gasteiger partial charge in [0.25, 0.3) is 0 Å². The minimum Gasteiger partial charge on any atom is -0.480 e. The number of rotatable bonds is 6. The third-order valence-electron chi connectivity index (χ3n) is 8.01. The number of aliphatic carboxylic acids is 1. The van der Waals surface area contributed by atoms with E-state index in [4.69, 9.17) is 0 Å². The Morgan fingerprint density at radius 2 is 1.62 bits per heavy atom. The Balaban J connectivity index is 1.17. The van der Waals surface area contributed by atoms with Crippen molar-refractivity contribution in [3.8, 4) is 0 Å². The average Bonchev–Trinajstić information content (AvgIpc) is 3.34. The Bertz CT molecular complexity index is 1380. The number of hydrogen-bond acceptors (Lipinski definition) is 3. The van der Waals surface area contributed by atoms with E-state index < -0.39 is 29.5 Å². The van der Waals surface area contributed by atoms with Crippen LogP contribution in [0.3, 0.4) is 0 Å². The highest BCUT2D eigenvalue weighted by Gasteiger charge is 2.38. The van der Waals surface area contributed by atoms with Crippen molar-refractivity contribution in [2.75, 3.05) is 26.2 Å². The second-order valence-electron chi connectivity index (χ2n) is 10.3.